The standard InChI is InChI=1S/C17H24O5/c1-2-3-4-5-9-21-16-12-22-15-11-13(20-10-8-18)6-7-14(15)17(16)19/h6-7,11,18-19H,2-5,8-10,12H2,1H3. The fraction of sp³-hybridized carbons (Fsp3) is 0.529. The van der Waals surface area contributed by atoms with Gasteiger partial charge in [-0.1, -0.05) is 26.2 Å². The average molecular weight is 308 g/mol. The van der Waals surface area contributed by atoms with Crippen LogP contribution in [0.25, 0.3) is 5.76 Å². The first-order chi connectivity index (χ1) is 10.8. The van der Waals surface area contributed by atoms with Crippen LogP contribution in [0.3, 0.4) is 0 Å². The van der Waals surface area contributed by atoms with Crippen molar-refractivity contribution in [2.75, 3.05) is 26.4 Å². The molecule has 1 aliphatic rings. The van der Waals surface area contributed by atoms with E-state index in [4.69, 9.17) is 19.3 Å². The maximum Gasteiger partial charge on any atom is 0.176 e. The number of unbranched alkanes of at least 4 members (excludes halogenated alkanes) is 3. The van der Waals surface area contributed by atoms with Crippen molar-refractivity contribution in [3.63, 3.8) is 0 Å². The molecule has 1 aromatic carbocycles. The van der Waals surface area contributed by atoms with Gasteiger partial charge in [-0.2, -0.15) is 0 Å². The van der Waals surface area contributed by atoms with Gasteiger partial charge >= 0.3 is 0 Å². The third-order valence-electron chi connectivity index (χ3n) is 3.47. The van der Waals surface area contributed by atoms with E-state index < -0.39 is 0 Å². The summed E-state index contributed by atoms with van der Waals surface area (Å²) >= 11 is 0. The van der Waals surface area contributed by atoms with E-state index in [1.807, 2.05) is 0 Å². The van der Waals surface area contributed by atoms with E-state index in [0.29, 0.717) is 29.4 Å². The predicted molar refractivity (Wildman–Crippen MR) is 84.2 cm³/mol. The Hall–Kier alpha value is -1.88. The molecule has 0 amide bonds. The van der Waals surface area contributed by atoms with Crippen molar-refractivity contribution in [2.45, 2.75) is 32.6 Å². The molecular formula is C17H24O5. The van der Waals surface area contributed by atoms with Crippen molar-refractivity contribution in [1.29, 1.82) is 0 Å². The molecule has 0 aromatic heterocycles. The Morgan fingerprint density at radius 1 is 1.14 bits per heavy atom. The average Bonchev–Trinajstić information content (AvgIpc) is 2.54. The highest BCUT2D eigenvalue weighted by Crippen LogP contribution is 2.34. The molecule has 0 fully saturated rings. The van der Waals surface area contributed by atoms with E-state index >= 15 is 0 Å². The largest absolute Gasteiger partial charge is 0.504 e. The number of rotatable bonds is 9. The molecule has 22 heavy (non-hydrogen) atoms. The Balaban J connectivity index is 1.97. The van der Waals surface area contributed by atoms with Gasteiger partial charge in [0.1, 0.15) is 24.7 Å². The zero-order chi connectivity index (χ0) is 15.8. The van der Waals surface area contributed by atoms with Crippen LogP contribution in [0, 0.1) is 0 Å². The quantitative estimate of drug-likeness (QED) is 0.685. The number of aliphatic hydroxyl groups excluding tert-OH is 2. The number of hydrogen-bond donors (Lipinski definition) is 2. The second-order valence-corrected chi connectivity index (χ2v) is 5.20. The lowest BCUT2D eigenvalue weighted by Gasteiger charge is -2.21. The number of aliphatic hydroxyl groups is 2. The van der Waals surface area contributed by atoms with E-state index in [2.05, 4.69) is 6.92 Å². The smallest absolute Gasteiger partial charge is 0.176 e. The van der Waals surface area contributed by atoms with Crippen LogP contribution in [0.5, 0.6) is 11.5 Å². The van der Waals surface area contributed by atoms with Crippen LogP contribution in [0.4, 0.5) is 0 Å². The fourth-order valence-electron chi connectivity index (χ4n) is 2.27. The fourth-order valence-corrected chi connectivity index (χ4v) is 2.27. The maximum absolute atomic E-state index is 10.3. The first kappa shape index (κ1) is 16.5. The molecule has 0 atom stereocenters. The third-order valence-corrected chi connectivity index (χ3v) is 3.47. The predicted octanol–water partition coefficient (Wildman–Crippen LogP) is 3.27. The first-order valence-electron chi connectivity index (χ1n) is 7.82. The highest BCUT2D eigenvalue weighted by molar-refractivity contribution is 5.69. The van der Waals surface area contributed by atoms with Crippen LogP contribution in [-0.2, 0) is 4.74 Å². The molecule has 5 heteroatoms. The minimum Gasteiger partial charge on any atom is -0.504 e. The Kier molecular flexibility index (Phi) is 6.40. The van der Waals surface area contributed by atoms with E-state index in [-0.39, 0.29) is 25.6 Å². The molecule has 2 rings (SSSR count). The Bertz CT molecular complexity index is 510. The zero-order valence-corrected chi connectivity index (χ0v) is 13.0. The molecule has 2 N–H and O–H groups in total. The summed E-state index contributed by atoms with van der Waals surface area (Å²) in [5.41, 5.74) is 0.603. The molecule has 1 aliphatic heterocycles. The summed E-state index contributed by atoms with van der Waals surface area (Å²) in [6.07, 6.45) is 4.49. The minimum absolute atomic E-state index is 0.0425. The summed E-state index contributed by atoms with van der Waals surface area (Å²) < 4.78 is 16.6. The van der Waals surface area contributed by atoms with Gasteiger partial charge < -0.3 is 24.4 Å². The molecule has 1 aromatic rings. The molecule has 0 saturated carbocycles. The molecule has 122 valence electrons. The Labute approximate surface area is 131 Å². The summed E-state index contributed by atoms with van der Waals surface area (Å²) in [4.78, 5) is 0. The van der Waals surface area contributed by atoms with Crippen molar-refractivity contribution in [2.24, 2.45) is 0 Å². The van der Waals surface area contributed by atoms with Gasteiger partial charge in [-0.3, -0.25) is 0 Å². The van der Waals surface area contributed by atoms with E-state index in [1.54, 1.807) is 18.2 Å². The summed E-state index contributed by atoms with van der Waals surface area (Å²) in [6, 6.07) is 5.18. The van der Waals surface area contributed by atoms with Gasteiger partial charge in [0.05, 0.1) is 18.8 Å². The van der Waals surface area contributed by atoms with Crippen molar-refractivity contribution in [3.8, 4) is 11.5 Å². The molecule has 1 heterocycles. The lowest BCUT2D eigenvalue weighted by molar-refractivity contribution is 0.153. The van der Waals surface area contributed by atoms with E-state index in [0.717, 1.165) is 12.8 Å². The van der Waals surface area contributed by atoms with Crippen molar-refractivity contribution < 1.29 is 24.4 Å². The lowest BCUT2D eigenvalue weighted by atomic mass is 10.1. The zero-order valence-electron chi connectivity index (χ0n) is 13.0. The topological polar surface area (TPSA) is 68.2 Å². The molecule has 0 spiro atoms. The first-order valence-corrected chi connectivity index (χ1v) is 7.82. The SMILES string of the molecule is CCCCCCOC1=C(O)c2ccc(OCCO)cc2OC1. The highest BCUT2D eigenvalue weighted by Gasteiger charge is 2.21. The van der Waals surface area contributed by atoms with Crippen molar-refractivity contribution in [3.05, 3.63) is 29.5 Å². The lowest BCUT2D eigenvalue weighted by Crippen LogP contribution is -2.14. The Morgan fingerprint density at radius 2 is 2.00 bits per heavy atom. The second-order valence-electron chi connectivity index (χ2n) is 5.20. The molecule has 0 radical (unpaired) electrons. The van der Waals surface area contributed by atoms with Gasteiger partial charge in [0.25, 0.3) is 0 Å². The number of ether oxygens (including phenoxy) is 3. The van der Waals surface area contributed by atoms with Crippen LogP contribution in [0.1, 0.15) is 38.2 Å². The van der Waals surface area contributed by atoms with Crippen LogP contribution in [-0.4, -0.2) is 36.6 Å². The van der Waals surface area contributed by atoms with Gasteiger partial charge in [-0.15, -0.1) is 0 Å². The van der Waals surface area contributed by atoms with Gasteiger partial charge in [-0.25, -0.2) is 0 Å². The molecule has 0 aliphatic carbocycles. The van der Waals surface area contributed by atoms with E-state index in [1.165, 1.54) is 12.8 Å². The number of fused-ring (bicyclic) bond motifs is 1. The third kappa shape index (κ3) is 4.31. The molecule has 0 bridgehead atoms. The minimum atomic E-state index is -0.0425. The Morgan fingerprint density at radius 3 is 2.77 bits per heavy atom. The molecule has 5 nitrogen and oxygen atoms in total. The van der Waals surface area contributed by atoms with Gasteiger partial charge in [0, 0.05) is 6.07 Å². The summed E-state index contributed by atoms with van der Waals surface area (Å²) in [5.74, 6) is 1.77. The van der Waals surface area contributed by atoms with Gasteiger partial charge in [-0.05, 0) is 18.6 Å². The van der Waals surface area contributed by atoms with Gasteiger partial charge in [0.15, 0.2) is 11.5 Å². The molecule has 0 saturated heterocycles. The van der Waals surface area contributed by atoms with Crippen LogP contribution in [0.15, 0.2) is 24.0 Å². The van der Waals surface area contributed by atoms with Gasteiger partial charge in [0.2, 0.25) is 0 Å². The number of benzene rings is 1. The highest BCUT2D eigenvalue weighted by atomic mass is 16.5. The van der Waals surface area contributed by atoms with Crippen molar-refractivity contribution >= 4 is 5.76 Å². The number of hydrogen-bond acceptors (Lipinski definition) is 5. The van der Waals surface area contributed by atoms with Crippen molar-refractivity contribution in [1.82, 2.24) is 0 Å². The summed E-state index contributed by atoms with van der Waals surface area (Å²) in [5, 5.41) is 19.0. The normalized spacial score (nSPS) is 13.5. The van der Waals surface area contributed by atoms with Crippen LogP contribution in [0.2, 0.25) is 0 Å². The second kappa shape index (κ2) is 8.54. The van der Waals surface area contributed by atoms with E-state index in [9.17, 15) is 5.11 Å². The van der Waals surface area contributed by atoms with Crippen LogP contribution >= 0.6 is 0 Å². The van der Waals surface area contributed by atoms with Crippen LogP contribution < -0.4 is 9.47 Å². The monoisotopic (exact) mass is 308 g/mol. The summed E-state index contributed by atoms with van der Waals surface area (Å²) in [6.45, 7) is 3.16. The maximum atomic E-state index is 10.3. The molecular weight excluding hydrogens is 284 g/mol. The molecule has 0 unspecified atom stereocenters. The summed E-state index contributed by atoms with van der Waals surface area (Å²) in [7, 11) is 0.